The molecule has 2 amide bonds. The van der Waals surface area contributed by atoms with E-state index in [9.17, 15) is 9.59 Å². The van der Waals surface area contributed by atoms with E-state index in [0.717, 1.165) is 24.1 Å². The van der Waals surface area contributed by atoms with Crippen molar-refractivity contribution in [2.24, 2.45) is 0 Å². The Bertz CT molecular complexity index is 990. The highest BCUT2D eigenvalue weighted by molar-refractivity contribution is 5.97. The predicted molar refractivity (Wildman–Crippen MR) is 111 cm³/mol. The van der Waals surface area contributed by atoms with E-state index < -0.39 is 12.1 Å². The van der Waals surface area contributed by atoms with Crippen LogP contribution < -0.4 is 10.2 Å². The second-order valence-corrected chi connectivity index (χ2v) is 7.07. The summed E-state index contributed by atoms with van der Waals surface area (Å²) in [6.07, 6.45) is 1.93. The van der Waals surface area contributed by atoms with Gasteiger partial charge in [0, 0.05) is 19.5 Å². The fraction of sp³-hybridized carbons (Fsp3) is 0.273. The highest BCUT2D eigenvalue weighted by atomic mass is 16.5. The van der Waals surface area contributed by atoms with E-state index in [1.807, 2.05) is 60.7 Å². The number of benzene rings is 2. The summed E-state index contributed by atoms with van der Waals surface area (Å²) in [6.45, 7) is 1.38. The molecular formula is C22H23N5O3. The normalized spacial score (nSPS) is 13.9. The third kappa shape index (κ3) is 4.65. The average molecular weight is 405 g/mol. The van der Waals surface area contributed by atoms with Crippen molar-refractivity contribution in [3.8, 4) is 0 Å². The first-order valence-corrected chi connectivity index (χ1v) is 9.91. The lowest BCUT2D eigenvalue weighted by Gasteiger charge is -2.29. The van der Waals surface area contributed by atoms with Gasteiger partial charge in [-0.3, -0.25) is 9.69 Å². The number of carbonyl (C=O) groups is 2. The molecule has 0 unspecified atom stereocenters. The standard InChI is InChI=1S/C22H23N5O3/c28-20(26-12-7-13-27-21(26)23-16-24-27)19(14-17-8-3-1-4-9-17)25-22(29)30-15-18-10-5-2-6-11-18/h1-6,8-11,16,19H,7,12-15H2,(H,25,29)/t19-/m1/s1. The number of carbonyl (C=O) groups excluding carboxylic acids is 2. The molecule has 0 saturated heterocycles. The van der Waals surface area contributed by atoms with E-state index in [4.69, 9.17) is 4.74 Å². The van der Waals surface area contributed by atoms with Crippen LogP contribution in [0.25, 0.3) is 0 Å². The summed E-state index contributed by atoms with van der Waals surface area (Å²) in [5.74, 6) is 0.272. The highest BCUT2D eigenvalue weighted by Gasteiger charge is 2.32. The van der Waals surface area contributed by atoms with Crippen LogP contribution in [-0.2, 0) is 29.1 Å². The van der Waals surface area contributed by atoms with Crippen LogP contribution in [0.4, 0.5) is 10.7 Å². The first-order chi connectivity index (χ1) is 14.7. The molecule has 4 rings (SSSR count). The van der Waals surface area contributed by atoms with Gasteiger partial charge in [-0.05, 0) is 17.5 Å². The zero-order chi connectivity index (χ0) is 20.8. The number of alkyl carbamates (subject to hydrolysis) is 1. The molecule has 0 saturated carbocycles. The lowest BCUT2D eigenvalue weighted by Crippen LogP contribution is -2.52. The SMILES string of the molecule is O=C(N[C@H](Cc1ccccc1)C(=O)N1CCCn2ncnc21)OCc1ccccc1. The minimum Gasteiger partial charge on any atom is -0.445 e. The number of amides is 2. The van der Waals surface area contributed by atoms with Crippen LogP contribution in [0.15, 0.2) is 67.0 Å². The monoisotopic (exact) mass is 405 g/mol. The number of anilines is 1. The van der Waals surface area contributed by atoms with E-state index >= 15 is 0 Å². The van der Waals surface area contributed by atoms with Crippen LogP contribution >= 0.6 is 0 Å². The van der Waals surface area contributed by atoms with E-state index in [2.05, 4.69) is 15.4 Å². The molecule has 1 aromatic heterocycles. The minimum atomic E-state index is -0.779. The minimum absolute atomic E-state index is 0.136. The van der Waals surface area contributed by atoms with Crippen LogP contribution in [0.5, 0.6) is 0 Å². The van der Waals surface area contributed by atoms with Crippen molar-refractivity contribution in [1.82, 2.24) is 20.1 Å². The average Bonchev–Trinajstić information content (AvgIpc) is 3.27. The summed E-state index contributed by atoms with van der Waals surface area (Å²) in [5, 5.41) is 6.90. The summed E-state index contributed by atoms with van der Waals surface area (Å²) in [4.78, 5) is 31.6. The molecule has 1 aliphatic rings. The number of nitrogens with zero attached hydrogens (tertiary/aromatic N) is 4. The summed E-state index contributed by atoms with van der Waals surface area (Å²) >= 11 is 0. The molecule has 0 aliphatic carbocycles. The Morgan fingerprint density at radius 1 is 1.00 bits per heavy atom. The topological polar surface area (TPSA) is 89.4 Å². The van der Waals surface area contributed by atoms with Gasteiger partial charge in [0.2, 0.25) is 5.95 Å². The molecule has 0 spiro atoms. The number of rotatable bonds is 6. The Morgan fingerprint density at radius 3 is 2.43 bits per heavy atom. The van der Waals surface area contributed by atoms with Crippen molar-refractivity contribution in [2.75, 3.05) is 11.4 Å². The van der Waals surface area contributed by atoms with E-state index in [1.165, 1.54) is 6.33 Å². The second kappa shape index (κ2) is 9.21. The van der Waals surface area contributed by atoms with Gasteiger partial charge in [-0.15, -0.1) is 0 Å². The quantitative estimate of drug-likeness (QED) is 0.681. The molecule has 1 atom stereocenters. The van der Waals surface area contributed by atoms with Gasteiger partial charge < -0.3 is 10.1 Å². The first kappa shape index (κ1) is 19.6. The summed E-state index contributed by atoms with van der Waals surface area (Å²) in [6, 6.07) is 18.2. The first-order valence-electron chi connectivity index (χ1n) is 9.91. The number of hydrogen-bond donors (Lipinski definition) is 1. The third-order valence-electron chi connectivity index (χ3n) is 4.94. The number of ether oxygens (including phenoxy) is 1. The molecule has 0 radical (unpaired) electrons. The van der Waals surface area contributed by atoms with Crippen molar-refractivity contribution in [1.29, 1.82) is 0 Å². The van der Waals surface area contributed by atoms with Gasteiger partial charge >= 0.3 is 6.09 Å². The van der Waals surface area contributed by atoms with Gasteiger partial charge in [-0.1, -0.05) is 60.7 Å². The number of aromatic nitrogens is 3. The van der Waals surface area contributed by atoms with Crippen LogP contribution in [0.3, 0.4) is 0 Å². The molecule has 2 heterocycles. The van der Waals surface area contributed by atoms with Gasteiger partial charge in [-0.25, -0.2) is 9.48 Å². The third-order valence-corrected chi connectivity index (χ3v) is 4.94. The summed E-state index contributed by atoms with van der Waals surface area (Å²) in [7, 11) is 0. The Labute approximate surface area is 174 Å². The highest BCUT2D eigenvalue weighted by Crippen LogP contribution is 2.18. The van der Waals surface area contributed by atoms with Crippen LogP contribution in [0, 0.1) is 0 Å². The molecule has 154 valence electrons. The molecule has 8 nitrogen and oxygen atoms in total. The molecule has 8 heteroatoms. The molecule has 2 aromatic carbocycles. The van der Waals surface area contributed by atoms with Gasteiger partial charge in [-0.2, -0.15) is 10.1 Å². The molecule has 1 aliphatic heterocycles. The van der Waals surface area contributed by atoms with Gasteiger partial charge in [0.15, 0.2) is 0 Å². The van der Waals surface area contributed by atoms with Crippen molar-refractivity contribution >= 4 is 17.9 Å². The van der Waals surface area contributed by atoms with Crippen molar-refractivity contribution in [3.05, 3.63) is 78.1 Å². The van der Waals surface area contributed by atoms with Crippen molar-refractivity contribution in [2.45, 2.75) is 32.0 Å². The van der Waals surface area contributed by atoms with E-state index in [-0.39, 0.29) is 12.5 Å². The zero-order valence-corrected chi connectivity index (χ0v) is 16.5. The number of aryl methyl sites for hydroxylation is 1. The smallest absolute Gasteiger partial charge is 0.408 e. The van der Waals surface area contributed by atoms with E-state index in [0.29, 0.717) is 18.9 Å². The summed E-state index contributed by atoms with van der Waals surface area (Å²) in [5.41, 5.74) is 1.82. The fourth-order valence-corrected chi connectivity index (χ4v) is 3.46. The predicted octanol–water partition coefficient (Wildman–Crippen LogP) is 2.55. The largest absolute Gasteiger partial charge is 0.445 e. The Hall–Kier alpha value is -3.68. The molecule has 1 N–H and O–H groups in total. The lowest BCUT2D eigenvalue weighted by atomic mass is 10.0. The molecule has 0 bridgehead atoms. The Morgan fingerprint density at radius 2 is 1.70 bits per heavy atom. The number of nitrogens with one attached hydrogen (secondary N) is 1. The molecule has 3 aromatic rings. The number of hydrogen-bond acceptors (Lipinski definition) is 5. The van der Waals surface area contributed by atoms with Crippen molar-refractivity contribution in [3.63, 3.8) is 0 Å². The maximum Gasteiger partial charge on any atom is 0.408 e. The molecule has 30 heavy (non-hydrogen) atoms. The maximum atomic E-state index is 13.3. The Kier molecular flexibility index (Phi) is 6.03. The van der Waals surface area contributed by atoms with Crippen LogP contribution in [0.1, 0.15) is 17.5 Å². The zero-order valence-electron chi connectivity index (χ0n) is 16.5. The van der Waals surface area contributed by atoms with Gasteiger partial charge in [0.25, 0.3) is 5.91 Å². The fourth-order valence-electron chi connectivity index (χ4n) is 3.46. The van der Waals surface area contributed by atoms with Gasteiger partial charge in [0.05, 0.1) is 0 Å². The van der Waals surface area contributed by atoms with Crippen LogP contribution in [0.2, 0.25) is 0 Å². The number of fused-ring (bicyclic) bond motifs is 1. The second-order valence-electron chi connectivity index (χ2n) is 7.07. The van der Waals surface area contributed by atoms with Crippen LogP contribution in [-0.4, -0.2) is 39.4 Å². The molecule has 0 fully saturated rings. The van der Waals surface area contributed by atoms with Gasteiger partial charge in [0.1, 0.15) is 19.0 Å². The lowest BCUT2D eigenvalue weighted by molar-refractivity contribution is -0.120. The van der Waals surface area contributed by atoms with Crippen molar-refractivity contribution < 1.29 is 14.3 Å². The molecular weight excluding hydrogens is 382 g/mol. The maximum absolute atomic E-state index is 13.3. The Balaban J connectivity index is 1.48. The van der Waals surface area contributed by atoms with E-state index in [1.54, 1.807) is 9.58 Å². The summed E-state index contributed by atoms with van der Waals surface area (Å²) < 4.78 is 7.04.